The van der Waals surface area contributed by atoms with E-state index in [0.717, 1.165) is 10.9 Å². The number of nitrogens with zero attached hydrogens (tertiary/aromatic N) is 3. The van der Waals surface area contributed by atoms with E-state index in [0.29, 0.717) is 17.0 Å². The normalized spacial score (nSPS) is 11.0. The molecular weight excluding hydrogens is 231 g/mol. The van der Waals surface area contributed by atoms with Crippen molar-refractivity contribution < 1.29 is 4.39 Å². The lowest BCUT2D eigenvalue weighted by molar-refractivity contribution is 0.612. The third kappa shape index (κ3) is 1.69. The van der Waals surface area contributed by atoms with E-state index in [9.17, 15) is 4.39 Å². The molecule has 0 fully saturated rings. The molecule has 2 N–H and O–H groups in total. The number of benzene rings is 1. The SMILES string of the molecule is Cc1cnc2nn(-c3cc(N)ccc3F)cc2c1. The van der Waals surface area contributed by atoms with Gasteiger partial charge in [-0.2, -0.15) is 0 Å². The van der Waals surface area contributed by atoms with E-state index >= 15 is 0 Å². The lowest BCUT2D eigenvalue weighted by Crippen LogP contribution is -1.99. The molecule has 0 aliphatic carbocycles. The number of nitrogen functional groups attached to an aromatic ring is 1. The molecular formula is C13H11FN4. The molecule has 0 aliphatic rings. The molecule has 0 saturated carbocycles. The van der Waals surface area contributed by atoms with Gasteiger partial charge in [0.25, 0.3) is 0 Å². The van der Waals surface area contributed by atoms with Gasteiger partial charge in [-0.05, 0) is 36.8 Å². The van der Waals surface area contributed by atoms with Crippen LogP contribution in [-0.2, 0) is 0 Å². The second kappa shape index (κ2) is 3.80. The summed E-state index contributed by atoms with van der Waals surface area (Å²) in [6, 6.07) is 6.35. The molecule has 0 saturated heterocycles. The molecule has 0 spiro atoms. The summed E-state index contributed by atoms with van der Waals surface area (Å²) in [5.41, 5.74) is 8.10. The molecule has 2 aromatic heterocycles. The lowest BCUT2D eigenvalue weighted by Gasteiger charge is -2.03. The highest BCUT2D eigenvalue weighted by Crippen LogP contribution is 2.19. The molecule has 5 heteroatoms. The smallest absolute Gasteiger partial charge is 0.181 e. The van der Waals surface area contributed by atoms with Crippen LogP contribution in [0.25, 0.3) is 16.7 Å². The van der Waals surface area contributed by atoms with E-state index in [4.69, 9.17) is 5.73 Å². The van der Waals surface area contributed by atoms with Crippen molar-refractivity contribution in [3.05, 3.63) is 48.0 Å². The third-order valence-electron chi connectivity index (χ3n) is 2.71. The Morgan fingerprint density at radius 2 is 2.11 bits per heavy atom. The van der Waals surface area contributed by atoms with Gasteiger partial charge < -0.3 is 5.73 Å². The van der Waals surface area contributed by atoms with Crippen molar-refractivity contribution in [2.75, 3.05) is 5.73 Å². The summed E-state index contributed by atoms with van der Waals surface area (Å²) >= 11 is 0. The van der Waals surface area contributed by atoms with Crippen LogP contribution in [-0.4, -0.2) is 14.8 Å². The van der Waals surface area contributed by atoms with Crippen LogP contribution in [0.3, 0.4) is 0 Å². The Hall–Kier alpha value is -2.43. The summed E-state index contributed by atoms with van der Waals surface area (Å²) in [5.74, 6) is -0.367. The van der Waals surface area contributed by atoms with Crippen molar-refractivity contribution in [2.24, 2.45) is 0 Å². The zero-order chi connectivity index (χ0) is 12.7. The van der Waals surface area contributed by atoms with Gasteiger partial charge in [0.1, 0.15) is 11.5 Å². The van der Waals surface area contributed by atoms with E-state index in [1.807, 2.05) is 13.0 Å². The highest BCUT2D eigenvalue weighted by Gasteiger charge is 2.08. The van der Waals surface area contributed by atoms with Gasteiger partial charge in [-0.1, -0.05) is 0 Å². The molecule has 18 heavy (non-hydrogen) atoms. The average molecular weight is 242 g/mol. The van der Waals surface area contributed by atoms with E-state index in [1.54, 1.807) is 18.5 Å². The predicted octanol–water partition coefficient (Wildman–Crippen LogP) is 2.45. The number of anilines is 1. The van der Waals surface area contributed by atoms with Gasteiger partial charge in [0.15, 0.2) is 5.65 Å². The van der Waals surface area contributed by atoms with Crippen molar-refractivity contribution in [1.82, 2.24) is 14.8 Å². The molecule has 2 heterocycles. The van der Waals surface area contributed by atoms with E-state index in [2.05, 4.69) is 10.1 Å². The van der Waals surface area contributed by atoms with E-state index in [1.165, 1.54) is 16.8 Å². The minimum absolute atomic E-state index is 0.325. The monoisotopic (exact) mass is 242 g/mol. The Morgan fingerprint density at radius 1 is 1.28 bits per heavy atom. The second-order valence-electron chi connectivity index (χ2n) is 4.21. The summed E-state index contributed by atoms with van der Waals surface area (Å²) in [5, 5.41) is 5.11. The lowest BCUT2D eigenvalue weighted by atomic mass is 10.2. The highest BCUT2D eigenvalue weighted by molar-refractivity contribution is 5.75. The molecule has 0 aliphatic heterocycles. The van der Waals surface area contributed by atoms with Crippen LogP contribution in [0.4, 0.5) is 10.1 Å². The summed E-state index contributed by atoms with van der Waals surface area (Å²) in [6.45, 7) is 1.95. The zero-order valence-electron chi connectivity index (χ0n) is 9.76. The fraction of sp³-hybridized carbons (Fsp3) is 0.0769. The maximum atomic E-state index is 13.7. The quantitative estimate of drug-likeness (QED) is 0.667. The Bertz CT molecular complexity index is 733. The second-order valence-corrected chi connectivity index (χ2v) is 4.21. The van der Waals surface area contributed by atoms with Crippen LogP contribution in [0.15, 0.2) is 36.7 Å². The molecule has 0 atom stereocenters. The molecule has 0 radical (unpaired) electrons. The average Bonchev–Trinajstić information content (AvgIpc) is 2.74. The summed E-state index contributed by atoms with van der Waals surface area (Å²) in [6.07, 6.45) is 3.47. The van der Waals surface area contributed by atoms with Crippen LogP contribution in [0.1, 0.15) is 5.56 Å². The minimum Gasteiger partial charge on any atom is -0.399 e. The maximum Gasteiger partial charge on any atom is 0.181 e. The van der Waals surface area contributed by atoms with Gasteiger partial charge in [0, 0.05) is 23.5 Å². The number of hydrogen-bond donors (Lipinski definition) is 1. The molecule has 3 aromatic rings. The number of fused-ring (bicyclic) bond motifs is 1. The molecule has 90 valence electrons. The van der Waals surface area contributed by atoms with Crippen LogP contribution >= 0.6 is 0 Å². The van der Waals surface area contributed by atoms with Gasteiger partial charge >= 0.3 is 0 Å². The number of rotatable bonds is 1. The fourth-order valence-corrected chi connectivity index (χ4v) is 1.85. The summed E-state index contributed by atoms with van der Waals surface area (Å²) in [7, 11) is 0. The molecule has 4 nitrogen and oxygen atoms in total. The van der Waals surface area contributed by atoms with Gasteiger partial charge in [-0.3, -0.25) is 0 Å². The number of aryl methyl sites for hydroxylation is 1. The summed E-state index contributed by atoms with van der Waals surface area (Å²) in [4.78, 5) is 4.19. The maximum absolute atomic E-state index is 13.7. The fourth-order valence-electron chi connectivity index (χ4n) is 1.85. The molecule has 0 bridgehead atoms. The van der Waals surface area contributed by atoms with Crippen LogP contribution in [0.2, 0.25) is 0 Å². The number of aromatic nitrogens is 3. The van der Waals surface area contributed by atoms with Crippen molar-refractivity contribution in [1.29, 1.82) is 0 Å². The Kier molecular flexibility index (Phi) is 2.26. The highest BCUT2D eigenvalue weighted by atomic mass is 19.1. The summed E-state index contributed by atoms with van der Waals surface area (Å²) < 4.78 is 15.2. The molecule has 1 aromatic carbocycles. The van der Waals surface area contributed by atoms with Crippen LogP contribution in [0, 0.1) is 12.7 Å². The number of halogens is 1. The topological polar surface area (TPSA) is 56.7 Å². The van der Waals surface area contributed by atoms with Crippen molar-refractivity contribution >= 4 is 16.7 Å². The van der Waals surface area contributed by atoms with Crippen LogP contribution in [0.5, 0.6) is 0 Å². The van der Waals surface area contributed by atoms with Gasteiger partial charge in [0.05, 0.1) is 0 Å². The molecule has 3 rings (SSSR count). The first-order valence-electron chi connectivity index (χ1n) is 5.51. The number of pyridine rings is 1. The Balaban J connectivity index is 2.22. The molecule has 0 unspecified atom stereocenters. The predicted molar refractivity (Wildman–Crippen MR) is 68.0 cm³/mol. The minimum atomic E-state index is -0.367. The van der Waals surface area contributed by atoms with E-state index < -0.39 is 0 Å². The largest absolute Gasteiger partial charge is 0.399 e. The standard InChI is InChI=1S/C13H11FN4/c1-8-4-9-7-18(17-13(9)16-6-8)12-5-10(15)2-3-11(12)14/h2-7H,15H2,1H3. The first-order valence-corrected chi connectivity index (χ1v) is 5.51. The third-order valence-corrected chi connectivity index (χ3v) is 2.71. The first kappa shape index (κ1) is 10.7. The van der Waals surface area contributed by atoms with Crippen molar-refractivity contribution in [3.8, 4) is 5.69 Å². The first-order chi connectivity index (χ1) is 8.63. The van der Waals surface area contributed by atoms with Crippen molar-refractivity contribution in [2.45, 2.75) is 6.92 Å². The molecule has 0 amide bonds. The Labute approximate surface area is 103 Å². The van der Waals surface area contributed by atoms with Gasteiger partial charge in [0.2, 0.25) is 0 Å². The Morgan fingerprint density at radius 3 is 2.94 bits per heavy atom. The van der Waals surface area contributed by atoms with Crippen molar-refractivity contribution in [3.63, 3.8) is 0 Å². The van der Waals surface area contributed by atoms with Gasteiger partial charge in [-0.25, -0.2) is 14.1 Å². The number of nitrogens with two attached hydrogens (primary N) is 1. The van der Waals surface area contributed by atoms with Gasteiger partial charge in [-0.15, -0.1) is 5.10 Å². The van der Waals surface area contributed by atoms with E-state index in [-0.39, 0.29) is 5.82 Å². The van der Waals surface area contributed by atoms with Crippen LogP contribution < -0.4 is 5.73 Å². The number of hydrogen-bond acceptors (Lipinski definition) is 3. The zero-order valence-corrected chi connectivity index (χ0v) is 9.76.